The Morgan fingerprint density at radius 2 is 1.83 bits per heavy atom. The summed E-state index contributed by atoms with van der Waals surface area (Å²) < 4.78 is 0. The van der Waals surface area contributed by atoms with Gasteiger partial charge in [0.05, 0.1) is 6.07 Å². The van der Waals surface area contributed by atoms with E-state index in [0.29, 0.717) is 6.42 Å². The summed E-state index contributed by atoms with van der Waals surface area (Å²) >= 11 is 0. The van der Waals surface area contributed by atoms with Crippen molar-refractivity contribution in [1.82, 2.24) is 4.98 Å². The number of aryl methyl sites for hydroxylation is 1. The van der Waals surface area contributed by atoms with E-state index in [9.17, 15) is 5.11 Å². The monoisotopic (exact) mass is 240 g/mol. The molecule has 0 saturated carbocycles. The van der Waals surface area contributed by atoms with Crippen molar-refractivity contribution in [2.45, 2.75) is 25.7 Å². The number of unbranched alkanes of at least 4 members (excludes halogenated alkanes) is 2. The third-order valence-corrected chi connectivity index (χ3v) is 2.91. The van der Waals surface area contributed by atoms with E-state index < -0.39 is 0 Å². The number of aromatic amines is 1. The van der Waals surface area contributed by atoms with E-state index in [1.165, 1.54) is 5.69 Å². The van der Waals surface area contributed by atoms with Crippen molar-refractivity contribution in [2.75, 3.05) is 0 Å². The van der Waals surface area contributed by atoms with Gasteiger partial charge in [-0.05, 0) is 61.2 Å². The van der Waals surface area contributed by atoms with E-state index in [0.717, 1.165) is 30.5 Å². The second-order valence-corrected chi connectivity index (χ2v) is 4.31. The number of phenols is 1. The number of aromatic nitrogens is 1. The Hall–Kier alpha value is -2.21. The first-order valence-electron chi connectivity index (χ1n) is 6.14. The van der Waals surface area contributed by atoms with E-state index in [2.05, 4.69) is 17.1 Å². The van der Waals surface area contributed by atoms with Crippen molar-refractivity contribution in [3.05, 3.63) is 42.1 Å². The Kier molecular flexibility index (Phi) is 4.03. The quantitative estimate of drug-likeness (QED) is 0.784. The number of aromatic hydroxyl groups is 1. The Bertz CT molecular complexity index is 534. The molecule has 92 valence electrons. The predicted molar refractivity (Wildman–Crippen MR) is 71.1 cm³/mol. The molecule has 0 unspecified atom stereocenters. The molecule has 2 rings (SSSR count). The molecule has 0 spiro atoms. The molecule has 1 aromatic heterocycles. The molecule has 0 atom stereocenters. The minimum absolute atomic E-state index is 0.280. The van der Waals surface area contributed by atoms with Crippen LogP contribution in [0.25, 0.3) is 11.3 Å². The second kappa shape index (κ2) is 5.92. The number of hydrogen-bond donors (Lipinski definition) is 2. The van der Waals surface area contributed by atoms with E-state index in [1.54, 1.807) is 12.1 Å². The van der Waals surface area contributed by atoms with E-state index in [4.69, 9.17) is 5.26 Å². The van der Waals surface area contributed by atoms with Crippen molar-refractivity contribution in [3.63, 3.8) is 0 Å². The van der Waals surface area contributed by atoms with Crippen LogP contribution in [-0.2, 0) is 6.42 Å². The lowest BCUT2D eigenvalue weighted by Gasteiger charge is -1.99. The summed E-state index contributed by atoms with van der Waals surface area (Å²) in [5.41, 5.74) is 3.32. The molecular weight excluding hydrogens is 224 g/mol. The molecule has 0 aliphatic carbocycles. The summed E-state index contributed by atoms with van der Waals surface area (Å²) in [5.74, 6) is 0.280. The molecule has 1 heterocycles. The summed E-state index contributed by atoms with van der Waals surface area (Å²) in [6, 6.07) is 13.4. The Labute approximate surface area is 107 Å². The van der Waals surface area contributed by atoms with Crippen LogP contribution in [-0.4, -0.2) is 10.1 Å². The fraction of sp³-hybridized carbons (Fsp3) is 0.267. The maximum absolute atomic E-state index is 9.24. The fourth-order valence-electron chi connectivity index (χ4n) is 1.91. The normalized spacial score (nSPS) is 10.2. The van der Waals surface area contributed by atoms with Gasteiger partial charge in [-0.2, -0.15) is 5.26 Å². The van der Waals surface area contributed by atoms with Gasteiger partial charge in [0.1, 0.15) is 5.75 Å². The molecule has 0 saturated heterocycles. The third-order valence-electron chi connectivity index (χ3n) is 2.91. The van der Waals surface area contributed by atoms with Crippen LogP contribution in [0.4, 0.5) is 0 Å². The van der Waals surface area contributed by atoms with Crippen molar-refractivity contribution in [2.24, 2.45) is 0 Å². The van der Waals surface area contributed by atoms with Gasteiger partial charge in [-0.1, -0.05) is 0 Å². The standard InChI is InChI=1S/C15H16N2O/c16-11-3-1-2-4-13-7-10-15(17-13)12-5-8-14(18)9-6-12/h5-10,17-18H,1-4H2. The largest absolute Gasteiger partial charge is 0.508 e. The van der Waals surface area contributed by atoms with Gasteiger partial charge in [0, 0.05) is 17.8 Å². The Balaban J connectivity index is 1.97. The fourth-order valence-corrected chi connectivity index (χ4v) is 1.91. The van der Waals surface area contributed by atoms with Crippen LogP contribution in [0, 0.1) is 11.3 Å². The first kappa shape index (κ1) is 12.3. The van der Waals surface area contributed by atoms with Crippen LogP contribution < -0.4 is 0 Å². The molecule has 2 aromatic rings. The van der Waals surface area contributed by atoms with E-state index in [-0.39, 0.29) is 5.75 Å². The third kappa shape index (κ3) is 3.14. The molecule has 0 amide bonds. The summed E-state index contributed by atoms with van der Waals surface area (Å²) in [4.78, 5) is 3.36. The lowest BCUT2D eigenvalue weighted by Crippen LogP contribution is -1.86. The molecule has 0 aliphatic rings. The zero-order chi connectivity index (χ0) is 12.8. The first-order valence-corrected chi connectivity index (χ1v) is 6.14. The highest BCUT2D eigenvalue weighted by atomic mass is 16.3. The zero-order valence-electron chi connectivity index (χ0n) is 10.2. The van der Waals surface area contributed by atoms with Gasteiger partial charge in [-0.25, -0.2) is 0 Å². The molecule has 1 aromatic carbocycles. The molecule has 3 heteroatoms. The molecular formula is C15H16N2O. The average Bonchev–Trinajstić information content (AvgIpc) is 2.84. The lowest BCUT2D eigenvalue weighted by atomic mass is 10.1. The highest BCUT2D eigenvalue weighted by Gasteiger charge is 2.01. The summed E-state index contributed by atoms with van der Waals surface area (Å²) in [5, 5.41) is 17.7. The van der Waals surface area contributed by atoms with Crippen molar-refractivity contribution in [3.8, 4) is 23.1 Å². The number of nitriles is 1. The van der Waals surface area contributed by atoms with Crippen LogP contribution in [0.3, 0.4) is 0 Å². The molecule has 0 aliphatic heterocycles. The maximum Gasteiger partial charge on any atom is 0.115 e. The number of H-pyrrole nitrogens is 1. The van der Waals surface area contributed by atoms with Crippen molar-refractivity contribution >= 4 is 0 Å². The number of rotatable bonds is 5. The highest BCUT2D eigenvalue weighted by Crippen LogP contribution is 2.21. The van der Waals surface area contributed by atoms with E-state index >= 15 is 0 Å². The lowest BCUT2D eigenvalue weighted by molar-refractivity contribution is 0.475. The van der Waals surface area contributed by atoms with Crippen LogP contribution in [0.1, 0.15) is 25.0 Å². The summed E-state index contributed by atoms with van der Waals surface area (Å²) in [6.07, 6.45) is 3.58. The molecule has 0 fully saturated rings. The zero-order valence-corrected chi connectivity index (χ0v) is 10.2. The van der Waals surface area contributed by atoms with Gasteiger partial charge in [-0.15, -0.1) is 0 Å². The Morgan fingerprint density at radius 3 is 2.56 bits per heavy atom. The van der Waals surface area contributed by atoms with Crippen molar-refractivity contribution < 1.29 is 5.11 Å². The minimum atomic E-state index is 0.280. The first-order chi connectivity index (χ1) is 8.79. The topological polar surface area (TPSA) is 59.8 Å². The van der Waals surface area contributed by atoms with E-state index in [1.807, 2.05) is 18.2 Å². The van der Waals surface area contributed by atoms with Gasteiger partial charge < -0.3 is 10.1 Å². The minimum Gasteiger partial charge on any atom is -0.508 e. The smallest absolute Gasteiger partial charge is 0.115 e. The van der Waals surface area contributed by atoms with Crippen LogP contribution >= 0.6 is 0 Å². The second-order valence-electron chi connectivity index (χ2n) is 4.31. The molecule has 0 radical (unpaired) electrons. The maximum atomic E-state index is 9.24. The summed E-state index contributed by atoms with van der Waals surface area (Å²) in [6.45, 7) is 0. The predicted octanol–water partition coefficient (Wildman–Crippen LogP) is 3.62. The Morgan fingerprint density at radius 1 is 1.06 bits per heavy atom. The average molecular weight is 240 g/mol. The molecule has 18 heavy (non-hydrogen) atoms. The summed E-state index contributed by atoms with van der Waals surface area (Å²) in [7, 11) is 0. The number of nitrogens with zero attached hydrogens (tertiary/aromatic N) is 1. The van der Waals surface area contributed by atoms with Gasteiger partial charge in [0.2, 0.25) is 0 Å². The van der Waals surface area contributed by atoms with Crippen LogP contribution in [0.2, 0.25) is 0 Å². The van der Waals surface area contributed by atoms with Crippen molar-refractivity contribution in [1.29, 1.82) is 5.26 Å². The highest BCUT2D eigenvalue weighted by molar-refractivity contribution is 5.60. The van der Waals surface area contributed by atoms with Gasteiger partial charge >= 0.3 is 0 Å². The molecule has 0 bridgehead atoms. The SMILES string of the molecule is N#CCCCCc1ccc(-c2ccc(O)cc2)[nH]1. The molecule has 3 nitrogen and oxygen atoms in total. The van der Waals surface area contributed by atoms with Gasteiger partial charge in [0.25, 0.3) is 0 Å². The van der Waals surface area contributed by atoms with Gasteiger partial charge in [0.15, 0.2) is 0 Å². The number of hydrogen-bond acceptors (Lipinski definition) is 2. The number of phenolic OH excluding ortho intramolecular Hbond substituents is 1. The van der Waals surface area contributed by atoms with Gasteiger partial charge in [-0.3, -0.25) is 0 Å². The van der Waals surface area contributed by atoms with Crippen LogP contribution in [0.15, 0.2) is 36.4 Å². The number of benzene rings is 1. The molecule has 2 N–H and O–H groups in total. The van der Waals surface area contributed by atoms with Crippen LogP contribution in [0.5, 0.6) is 5.75 Å². The number of nitrogens with one attached hydrogen (secondary N) is 1.